The Balaban J connectivity index is 1.68. The Bertz CT molecular complexity index is 468. The van der Waals surface area contributed by atoms with Crippen molar-refractivity contribution in [3.8, 4) is 0 Å². The minimum absolute atomic E-state index is 0.549. The van der Waals surface area contributed by atoms with Crippen molar-refractivity contribution in [2.24, 2.45) is 4.99 Å². The maximum absolute atomic E-state index is 5.47. The summed E-state index contributed by atoms with van der Waals surface area (Å²) in [4.78, 5) is 6.83. The van der Waals surface area contributed by atoms with Crippen molar-refractivity contribution >= 4 is 39.9 Å². The third-order valence-electron chi connectivity index (χ3n) is 2.89. The third kappa shape index (κ3) is 2.84. The second kappa shape index (κ2) is 5.28. The number of aliphatic imine (C=N–C) groups is 1. The van der Waals surface area contributed by atoms with E-state index in [1.54, 1.807) is 11.8 Å². The lowest BCUT2D eigenvalue weighted by Gasteiger charge is -2.19. The zero-order valence-corrected chi connectivity index (χ0v) is 11.6. The quantitative estimate of drug-likeness (QED) is 0.841. The van der Waals surface area contributed by atoms with Gasteiger partial charge in [-0.1, -0.05) is 30.0 Å². The highest BCUT2D eigenvalue weighted by Crippen LogP contribution is 2.28. The molecule has 3 nitrogen and oxygen atoms in total. The van der Waals surface area contributed by atoms with E-state index in [4.69, 9.17) is 17.2 Å². The molecule has 0 bridgehead atoms. The van der Waals surface area contributed by atoms with E-state index in [-0.39, 0.29) is 0 Å². The van der Waals surface area contributed by atoms with Crippen LogP contribution in [0.15, 0.2) is 35.3 Å². The minimum Gasteiger partial charge on any atom is -0.332 e. The van der Waals surface area contributed by atoms with Crippen molar-refractivity contribution in [2.75, 3.05) is 17.6 Å². The fraction of sp³-hybridized carbons (Fsp3) is 0.385. The van der Waals surface area contributed by atoms with E-state index in [9.17, 15) is 0 Å². The van der Waals surface area contributed by atoms with Gasteiger partial charge in [0.25, 0.3) is 0 Å². The van der Waals surface area contributed by atoms with Crippen molar-refractivity contribution in [3.05, 3.63) is 30.3 Å². The highest BCUT2D eigenvalue weighted by molar-refractivity contribution is 8.14. The molecule has 1 saturated heterocycles. The number of para-hydroxylation sites is 1. The topological polar surface area (TPSA) is 27.6 Å². The van der Waals surface area contributed by atoms with Crippen molar-refractivity contribution in [2.45, 2.75) is 18.9 Å². The van der Waals surface area contributed by atoms with Crippen molar-refractivity contribution in [1.29, 1.82) is 0 Å². The standard InChI is InChI=1S/C13H15N3S2/c17-12(14-10-4-2-1-3-5-10)16-8-9-18-13(16)15-11-6-7-11/h1-5,11H,6-9H2,(H,14,17). The molecule has 1 aliphatic heterocycles. The molecule has 0 spiro atoms. The second-order valence-electron chi connectivity index (χ2n) is 4.44. The molecule has 1 N–H and O–H groups in total. The first-order chi connectivity index (χ1) is 8.83. The van der Waals surface area contributed by atoms with Gasteiger partial charge in [-0.05, 0) is 37.2 Å². The molecule has 0 unspecified atom stereocenters. The van der Waals surface area contributed by atoms with Crippen LogP contribution in [0.4, 0.5) is 5.69 Å². The van der Waals surface area contributed by atoms with Crippen LogP contribution >= 0.6 is 24.0 Å². The Morgan fingerprint density at radius 3 is 2.83 bits per heavy atom. The van der Waals surface area contributed by atoms with Crippen molar-refractivity contribution < 1.29 is 0 Å². The Kier molecular flexibility index (Phi) is 3.52. The molecule has 0 amide bonds. The largest absolute Gasteiger partial charge is 0.332 e. The monoisotopic (exact) mass is 277 g/mol. The van der Waals surface area contributed by atoms with Crippen LogP contribution in [0.3, 0.4) is 0 Å². The fourth-order valence-electron chi connectivity index (χ4n) is 1.77. The van der Waals surface area contributed by atoms with Crippen LogP contribution in [0.2, 0.25) is 0 Å². The van der Waals surface area contributed by atoms with Crippen LogP contribution < -0.4 is 5.32 Å². The molecule has 94 valence electrons. The summed E-state index contributed by atoms with van der Waals surface area (Å²) in [7, 11) is 0. The molecule has 5 heteroatoms. The zero-order chi connectivity index (χ0) is 12.4. The predicted molar refractivity (Wildman–Crippen MR) is 82.3 cm³/mol. The zero-order valence-electron chi connectivity index (χ0n) is 10.0. The Hall–Kier alpha value is -1.07. The van der Waals surface area contributed by atoms with Crippen molar-refractivity contribution in [3.63, 3.8) is 0 Å². The van der Waals surface area contributed by atoms with E-state index < -0.39 is 0 Å². The van der Waals surface area contributed by atoms with Gasteiger partial charge in [-0.3, -0.25) is 9.89 Å². The first-order valence-electron chi connectivity index (χ1n) is 6.17. The van der Waals surface area contributed by atoms with Crippen LogP contribution in [-0.2, 0) is 0 Å². The third-order valence-corrected chi connectivity index (χ3v) is 4.18. The van der Waals surface area contributed by atoms with Gasteiger partial charge in [0.05, 0.1) is 6.04 Å². The molecule has 2 fully saturated rings. The summed E-state index contributed by atoms with van der Waals surface area (Å²) in [5, 5.41) is 5.11. The Labute approximate surface area is 117 Å². The first-order valence-corrected chi connectivity index (χ1v) is 7.56. The average Bonchev–Trinajstić information content (AvgIpc) is 3.06. The average molecular weight is 277 g/mol. The van der Waals surface area contributed by atoms with Gasteiger partial charge in [0.1, 0.15) is 0 Å². The molecule has 1 aromatic rings. The molecule has 1 heterocycles. The van der Waals surface area contributed by atoms with Crippen LogP contribution in [0.1, 0.15) is 12.8 Å². The molecule has 3 rings (SSSR count). The highest BCUT2D eigenvalue weighted by Gasteiger charge is 2.27. The predicted octanol–water partition coefficient (Wildman–Crippen LogP) is 2.95. The number of benzene rings is 1. The summed E-state index contributed by atoms with van der Waals surface area (Å²) in [5.74, 6) is 1.07. The van der Waals surface area contributed by atoms with Gasteiger partial charge in [-0.25, -0.2) is 0 Å². The maximum atomic E-state index is 5.47. The van der Waals surface area contributed by atoms with Gasteiger partial charge in [0, 0.05) is 18.0 Å². The van der Waals surface area contributed by atoms with Gasteiger partial charge in [0.2, 0.25) is 0 Å². The molecule has 0 aromatic heterocycles. The molecule has 1 saturated carbocycles. The summed E-state index contributed by atoms with van der Waals surface area (Å²) in [5.41, 5.74) is 1.03. The molecule has 18 heavy (non-hydrogen) atoms. The summed E-state index contributed by atoms with van der Waals surface area (Å²) < 4.78 is 0. The number of nitrogens with one attached hydrogen (secondary N) is 1. The normalized spacial score (nSPS) is 21.3. The molecule has 0 atom stereocenters. The van der Waals surface area contributed by atoms with Crippen LogP contribution in [0.5, 0.6) is 0 Å². The number of rotatable bonds is 2. The number of anilines is 1. The number of thioether (sulfide) groups is 1. The second-order valence-corrected chi connectivity index (χ2v) is 5.89. The van der Waals surface area contributed by atoms with Gasteiger partial charge >= 0.3 is 0 Å². The molecule has 0 radical (unpaired) electrons. The van der Waals surface area contributed by atoms with Crippen LogP contribution in [0, 0.1) is 0 Å². The summed E-state index contributed by atoms with van der Waals surface area (Å²) in [6.07, 6.45) is 2.47. The smallest absolute Gasteiger partial charge is 0.179 e. The number of thiocarbonyl (C=S) groups is 1. The van der Waals surface area contributed by atoms with E-state index in [0.717, 1.165) is 28.3 Å². The van der Waals surface area contributed by atoms with E-state index >= 15 is 0 Å². The van der Waals surface area contributed by atoms with E-state index in [0.29, 0.717) is 6.04 Å². The molecule has 2 aliphatic rings. The fourth-order valence-corrected chi connectivity index (χ4v) is 3.14. The van der Waals surface area contributed by atoms with E-state index in [2.05, 4.69) is 10.2 Å². The summed E-state index contributed by atoms with van der Waals surface area (Å²) in [6, 6.07) is 10.6. The van der Waals surface area contributed by atoms with E-state index in [1.165, 1.54) is 12.8 Å². The lowest BCUT2D eigenvalue weighted by atomic mass is 10.3. The summed E-state index contributed by atoms with van der Waals surface area (Å²) in [6.45, 7) is 0.953. The molecular weight excluding hydrogens is 262 g/mol. The Morgan fingerprint density at radius 1 is 1.33 bits per heavy atom. The minimum atomic E-state index is 0.549. The van der Waals surface area contributed by atoms with Gasteiger partial charge in [0.15, 0.2) is 10.3 Å². The number of hydrogen-bond acceptors (Lipinski definition) is 3. The molecular formula is C13H15N3S2. The number of nitrogens with zero attached hydrogens (tertiary/aromatic N) is 2. The summed E-state index contributed by atoms with van der Waals surface area (Å²) >= 11 is 7.27. The molecule has 1 aromatic carbocycles. The lowest BCUT2D eigenvalue weighted by molar-refractivity contribution is 0.682. The molecule has 1 aliphatic carbocycles. The van der Waals surface area contributed by atoms with Crippen molar-refractivity contribution in [1.82, 2.24) is 4.90 Å². The van der Waals surface area contributed by atoms with Crippen LogP contribution in [-0.4, -0.2) is 33.5 Å². The number of amidine groups is 1. The van der Waals surface area contributed by atoms with Gasteiger partial charge in [-0.2, -0.15) is 0 Å². The van der Waals surface area contributed by atoms with E-state index in [1.807, 2.05) is 30.3 Å². The van der Waals surface area contributed by atoms with Gasteiger partial charge in [-0.15, -0.1) is 0 Å². The number of hydrogen-bond donors (Lipinski definition) is 1. The van der Waals surface area contributed by atoms with Gasteiger partial charge < -0.3 is 5.32 Å². The lowest BCUT2D eigenvalue weighted by Crippen LogP contribution is -2.35. The highest BCUT2D eigenvalue weighted by atomic mass is 32.2. The SMILES string of the molecule is S=C(Nc1ccccc1)N1CCSC1=NC1CC1. The van der Waals surface area contributed by atoms with Crippen LogP contribution in [0.25, 0.3) is 0 Å². The Morgan fingerprint density at radius 2 is 2.11 bits per heavy atom. The first kappa shape index (κ1) is 12.0. The maximum Gasteiger partial charge on any atom is 0.179 e.